The highest BCUT2D eigenvalue weighted by Gasteiger charge is 2.18. The second-order valence-corrected chi connectivity index (χ2v) is 5.30. The van der Waals surface area contributed by atoms with Crippen LogP contribution in [0.25, 0.3) is 0 Å². The molecule has 1 aromatic carbocycles. The number of benzene rings is 1. The molecule has 60 valence electrons. The predicted octanol–water partition coefficient (Wildman–Crippen LogP) is 3.75. The molecule has 0 amide bonds. The summed E-state index contributed by atoms with van der Waals surface area (Å²) in [7, 11) is 0. The Morgan fingerprint density at radius 3 is 2.27 bits per heavy atom. The molecule has 0 fully saturated rings. The maximum Gasteiger partial charge on any atom is 0.0439 e. The second-order valence-electron chi connectivity index (χ2n) is 2.92. The molecule has 1 rings (SSSR count). The summed E-state index contributed by atoms with van der Waals surface area (Å²) in [4.78, 5) is 0. The quantitative estimate of drug-likeness (QED) is 0.561. The SMILES string of the molecule is CCC(C)(I)c1ccccc1. The normalized spacial score (nSPS) is 15.9. The van der Waals surface area contributed by atoms with E-state index in [-0.39, 0.29) is 0 Å². The van der Waals surface area contributed by atoms with Crippen molar-refractivity contribution in [3.05, 3.63) is 35.9 Å². The van der Waals surface area contributed by atoms with Crippen molar-refractivity contribution in [3.8, 4) is 0 Å². The molecule has 0 bridgehead atoms. The van der Waals surface area contributed by atoms with E-state index in [0.29, 0.717) is 3.42 Å². The Bertz CT molecular complexity index is 214. The van der Waals surface area contributed by atoms with E-state index < -0.39 is 0 Å². The summed E-state index contributed by atoms with van der Waals surface area (Å²) >= 11 is 2.51. The molecule has 1 unspecified atom stereocenters. The highest BCUT2D eigenvalue weighted by molar-refractivity contribution is 14.1. The summed E-state index contributed by atoms with van der Waals surface area (Å²) < 4.78 is 0.305. The molecule has 0 N–H and O–H groups in total. The molecule has 1 atom stereocenters. The van der Waals surface area contributed by atoms with Gasteiger partial charge in [-0.05, 0) is 18.9 Å². The Hall–Kier alpha value is -0.0500. The van der Waals surface area contributed by atoms with Crippen LogP contribution < -0.4 is 0 Å². The fraction of sp³-hybridized carbons (Fsp3) is 0.400. The van der Waals surface area contributed by atoms with Gasteiger partial charge in [-0.2, -0.15) is 0 Å². The van der Waals surface area contributed by atoms with Gasteiger partial charge in [-0.25, -0.2) is 0 Å². The first kappa shape index (κ1) is 9.04. The van der Waals surface area contributed by atoms with E-state index in [0.717, 1.165) is 0 Å². The molecule has 0 heterocycles. The van der Waals surface area contributed by atoms with Crippen LogP contribution in [0.2, 0.25) is 0 Å². The summed E-state index contributed by atoms with van der Waals surface area (Å²) in [5, 5.41) is 0. The van der Waals surface area contributed by atoms with Crippen LogP contribution in [-0.2, 0) is 3.42 Å². The maximum absolute atomic E-state index is 2.51. The van der Waals surface area contributed by atoms with Crippen LogP contribution in [0.3, 0.4) is 0 Å². The van der Waals surface area contributed by atoms with Crippen LogP contribution in [0.15, 0.2) is 30.3 Å². The lowest BCUT2D eigenvalue weighted by atomic mass is 9.99. The average Bonchev–Trinajstić information content (AvgIpc) is 2.06. The molecule has 0 saturated heterocycles. The largest absolute Gasteiger partial charge is 0.0740 e. The number of hydrogen-bond acceptors (Lipinski definition) is 0. The predicted molar refractivity (Wildman–Crippen MR) is 58.1 cm³/mol. The molecule has 1 aromatic rings. The molecule has 1 heteroatoms. The van der Waals surface area contributed by atoms with Crippen molar-refractivity contribution >= 4 is 22.6 Å². The molecule has 11 heavy (non-hydrogen) atoms. The van der Waals surface area contributed by atoms with Gasteiger partial charge in [-0.15, -0.1) is 0 Å². The molecule has 0 saturated carbocycles. The van der Waals surface area contributed by atoms with E-state index in [2.05, 4.69) is 66.8 Å². The van der Waals surface area contributed by atoms with Gasteiger partial charge in [0.1, 0.15) is 0 Å². The Balaban J connectivity index is 2.93. The lowest BCUT2D eigenvalue weighted by molar-refractivity contribution is 0.700. The van der Waals surface area contributed by atoms with Crippen LogP contribution >= 0.6 is 22.6 Å². The second kappa shape index (κ2) is 3.57. The lowest BCUT2D eigenvalue weighted by Crippen LogP contribution is -2.10. The zero-order valence-corrected chi connectivity index (χ0v) is 9.13. The molecular weight excluding hydrogens is 247 g/mol. The van der Waals surface area contributed by atoms with Gasteiger partial charge in [0.05, 0.1) is 0 Å². The van der Waals surface area contributed by atoms with Gasteiger partial charge >= 0.3 is 0 Å². The van der Waals surface area contributed by atoms with Crippen LogP contribution in [0.4, 0.5) is 0 Å². The number of halogens is 1. The third kappa shape index (κ3) is 2.19. The maximum atomic E-state index is 2.51. The van der Waals surface area contributed by atoms with E-state index in [1.807, 2.05) is 0 Å². The first-order valence-corrected chi connectivity index (χ1v) is 4.99. The molecule has 0 spiro atoms. The summed E-state index contributed by atoms with van der Waals surface area (Å²) in [6.07, 6.45) is 1.18. The molecule has 0 aliphatic carbocycles. The number of hydrogen-bond donors (Lipinski definition) is 0. The Labute approximate surface area is 82.2 Å². The zero-order valence-electron chi connectivity index (χ0n) is 6.97. The van der Waals surface area contributed by atoms with E-state index in [4.69, 9.17) is 0 Å². The third-order valence-electron chi connectivity index (χ3n) is 2.04. The highest BCUT2D eigenvalue weighted by Crippen LogP contribution is 2.34. The van der Waals surface area contributed by atoms with Crippen molar-refractivity contribution in [3.63, 3.8) is 0 Å². The monoisotopic (exact) mass is 260 g/mol. The van der Waals surface area contributed by atoms with Crippen LogP contribution in [-0.4, -0.2) is 0 Å². The molecule has 0 aliphatic rings. The van der Waals surface area contributed by atoms with Gasteiger partial charge in [0.15, 0.2) is 0 Å². The van der Waals surface area contributed by atoms with Gasteiger partial charge in [-0.1, -0.05) is 59.8 Å². The minimum absolute atomic E-state index is 0.305. The van der Waals surface area contributed by atoms with Crippen molar-refractivity contribution < 1.29 is 0 Å². The molecular formula is C10H13I. The Kier molecular flexibility index (Phi) is 2.93. The topological polar surface area (TPSA) is 0 Å². The highest BCUT2D eigenvalue weighted by atomic mass is 127. The van der Waals surface area contributed by atoms with E-state index in [1.165, 1.54) is 12.0 Å². The Morgan fingerprint density at radius 2 is 1.82 bits per heavy atom. The van der Waals surface area contributed by atoms with E-state index in [9.17, 15) is 0 Å². The van der Waals surface area contributed by atoms with Crippen LogP contribution in [0.5, 0.6) is 0 Å². The van der Waals surface area contributed by atoms with Gasteiger partial charge in [0, 0.05) is 3.42 Å². The minimum atomic E-state index is 0.305. The Morgan fingerprint density at radius 1 is 1.27 bits per heavy atom. The van der Waals surface area contributed by atoms with Gasteiger partial charge in [0.2, 0.25) is 0 Å². The molecule has 0 nitrogen and oxygen atoms in total. The van der Waals surface area contributed by atoms with E-state index in [1.54, 1.807) is 0 Å². The number of rotatable bonds is 2. The fourth-order valence-corrected chi connectivity index (χ4v) is 1.35. The third-order valence-corrected chi connectivity index (χ3v) is 3.43. The van der Waals surface area contributed by atoms with Crippen molar-refractivity contribution in [2.24, 2.45) is 0 Å². The van der Waals surface area contributed by atoms with Crippen LogP contribution in [0, 0.1) is 0 Å². The summed E-state index contributed by atoms with van der Waals surface area (Å²) in [6, 6.07) is 10.6. The first-order chi connectivity index (χ1) is 5.17. The summed E-state index contributed by atoms with van der Waals surface area (Å²) in [5.74, 6) is 0. The smallest absolute Gasteiger partial charge is 0.0439 e. The van der Waals surface area contributed by atoms with Crippen molar-refractivity contribution in [2.45, 2.75) is 23.7 Å². The van der Waals surface area contributed by atoms with Crippen molar-refractivity contribution in [2.75, 3.05) is 0 Å². The zero-order chi connectivity index (χ0) is 8.32. The molecule has 0 aliphatic heterocycles. The fourth-order valence-electron chi connectivity index (χ4n) is 0.990. The first-order valence-electron chi connectivity index (χ1n) is 3.91. The average molecular weight is 260 g/mol. The van der Waals surface area contributed by atoms with Crippen LogP contribution in [0.1, 0.15) is 25.8 Å². The van der Waals surface area contributed by atoms with Gasteiger partial charge in [-0.3, -0.25) is 0 Å². The van der Waals surface area contributed by atoms with E-state index >= 15 is 0 Å². The number of alkyl halides is 1. The van der Waals surface area contributed by atoms with Crippen molar-refractivity contribution in [1.82, 2.24) is 0 Å². The standard InChI is InChI=1S/C10H13I/c1-3-10(2,11)9-7-5-4-6-8-9/h4-8H,3H2,1-2H3. The molecule has 0 aromatic heterocycles. The lowest BCUT2D eigenvalue weighted by Gasteiger charge is -2.20. The summed E-state index contributed by atoms with van der Waals surface area (Å²) in [6.45, 7) is 4.49. The summed E-state index contributed by atoms with van der Waals surface area (Å²) in [5.41, 5.74) is 1.42. The van der Waals surface area contributed by atoms with Crippen molar-refractivity contribution in [1.29, 1.82) is 0 Å². The minimum Gasteiger partial charge on any atom is -0.0740 e. The van der Waals surface area contributed by atoms with Gasteiger partial charge < -0.3 is 0 Å². The van der Waals surface area contributed by atoms with Gasteiger partial charge in [0.25, 0.3) is 0 Å². The molecule has 0 radical (unpaired) electrons.